The van der Waals surface area contributed by atoms with Gasteiger partial charge in [0.05, 0.1) is 24.2 Å². The Balaban J connectivity index is 1.58. The van der Waals surface area contributed by atoms with Crippen LogP contribution in [0.4, 0.5) is 5.82 Å². The van der Waals surface area contributed by atoms with E-state index in [-0.39, 0.29) is 5.91 Å². The maximum absolute atomic E-state index is 13.5. The zero-order valence-corrected chi connectivity index (χ0v) is 18.0. The largest absolute Gasteiger partial charge is 0.493 e. The smallest absolute Gasteiger partial charge is 0.263 e. The number of carbonyl (C=O) groups excluding carboxylic acids is 1. The van der Waals surface area contributed by atoms with Gasteiger partial charge in [0.2, 0.25) is 0 Å². The lowest BCUT2D eigenvalue weighted by Crippen LogP contribution is -2.28. The van der Waals surface area contributed by atoms with Gasteiger partial charge >= 0.3 is 0 Å². The first-order valence-corrected chi connectivity index (χ1v) is 10.5. The molecule has 1 aliphatic rings. The Morgan fingerprint density at radius 1 is 1.09 bits per heavy atom. The molecule has 3 aromatic heterocycles. The highest BCUT2D eigenvalue weighted by Gasteiger charge is 2.22. The van der Waals surface area contributed by atoms with Crippen molar-refractivity contribution in [1.82, 2.24) is 29.3 Å². The molecule has 9 heteroatoms. The number of benzene rings is 1. The Hall–Kier alpha value is -4.01. The summed E-state index contributed by atoms with van der Waals surface area (Å²) in [6.45, 7) is 3.20. The molecule has 2 bridgehead atoms. The highest BCUT2D eigenvalue weighted by molar-refractivity contribution is 6.07. The number of anilines is 1. The number of amides is 1. The van der Waals surface area contributed by atoms with E-state index in [2.05, 4.69) is 20.2 Å². The van der Waals surface area contributed by atoms with E-state index >= 15 is 0 Å². The third kappa shape index (κ3) is 3.73. The average Bonchev–Trinajstić information content (AvgIpc) is 3.46. The maximum Gasteiger partial charge on any atom is 0.263 e. The average molecular weight is 429 g/mol. The van der Waals surface area contributed by atoms with Gasteiger partial charge in [-0.15, -0.1) is 10.2 Å². The number of ether oxygens (including phenoxy) is 1. The Bertz CT molecular complexity index is 1280. The molecular formula is C23H23N7O2. The predicted molar refractivity (Wildman–Crippen MR) is 119 cm³/mol. The number of carbonyl (C=O) groups is 1. The zero-order valence-electron chi connectivity index (χ0n) is 18.0. The van der Waals surface area contributed by atoms with E-state index in [9.17, 15) is 4.79 Å². The second-order valence-corrected chi connectivity index (χ2v) is 7.75. The van der Waals surface area contributed by atoms with Crippen LogP contribution >= 0.6 is 0 Å². The molecule has 0 saturated carbocycles. The van der Waals surface area contributed by atoms with Crippen LogP contribution < -0.4 is 9.64 Å². The Kier molecular flexibility index (Phi) is 5.14. The number of hydrogen-bond acceptors (Lipinski definition) is 6. The fourth-order valence-electron chi connectivity index (χ4n) is 3.74. The third-order valence-electron chi connectivity index (χ3n) is 5.48. The van der Waals surface area contributed by atoms with E-state index in [1.54, 1.807) is 25.8 Å². The van der Waals surface area contributed by atoms with Crippen LogP contribution in [0.2, 0.25) is 0 Å². The number of aromatic nitrogens is 6. The second-order valence-electron chi connectivity index (χ2n) is 7.75. The Morgan fingerprint density at radius 2 is 2.00 bits per heavy atom. The molecule has 1 aliphatic heterocycles. The van der Waals surface area contributed by atoms with E-state index in [0.717, 1.165) is 30.8 Å². The van der Waals surface area contributed by atoms with Crippen molar-refractivity contribution >= 4 is 11.7 Å². The quantitative estimate of drug-likeness (QED) is 0.461. The summed E-state index contributed by atoms with van der Waals surface area (Å²) in [5.74, 6) is 1.56. The molecule has 5 rings (SSSR count). The summed E-state index contributed by atoms with van der Waals surface area (Å²) in [5.41, 5.74) is 2.89. The normalized spacial score (nSPS) is 14.3. The standard InChI is InChI=1S/C23H23N7O2/c1-16-13-30(14-24-16)17-8-9-20-18(12-17)23(31)28(2)21-7-5-6-19(26-21)22-27-25-15-29(22)10-3-4-11-32-20/h5-9,12-15H,3-4,10-11H2,1-2H3. The molecule has 0 aliphatic carbocycles. The first kappa shape index (κ1) is 19.9. The third-order valence-corrected chi connectivity index (χ3v) is 5.48. The van der Waals surface area contributed by atoms with Gasteiger partial charge in [0.15, 0.2) is 5.82 Å². The van der Waals surface area contributed by atoms with E-state index < -0.39 is 0 Å². The topological polar surface area (TPSA) is 91.0 Å². The summed E-state index contributed by atoms with van der Waals surface area (Å²) >= 11 is 0. The summed E-state index contributed by atoms with van der Waals surface area (Å²) in [6, 6.07) is 11.2. The second kappa shape index (κ2) is 8.26. The maximum atomic E-state index is 13.5. The lowest BCUT2D eigenvalue weighted by atomic mass is 10.1. The van der Waals surface area contributed by atoms with Gasteiger partial charge in [-0.2, -0.15) is 0 Å². The van der Waals surface area contributed by atoms with E-state index in [4.69, 9.17) is 4.74 Å². The van der Waals surface area contributed by atoms with Gasteiger partial charge in [0.25, 0.3) is 5.91 Å². The van der Waals surface area contributed by atoms with Crippen molar-refractivity contribution in [3.63, 3.8) is 0 Å². The van der Waals surface area contributed by atoms with Gasteiger partial charge in [-0.3, -0.25) is 9.69 Å². The number of fused-ring (bicyclic) bond motifs is 5. The Labute approximate surface area is 185 Å². The van der Waals surface area contributed by atoms with Gasteiger partial charge in [0, 0.05) is 25.5 Å². The number of imidazole rings is 1. The van der Waals surface area contributed by atoms with Gasteiger partial charge in [-0.05, 0) is 50.1 Å². The van der Waals surface area contributed by atoms with E-state index in [1.165, 1.54) is 4.90 Å². The van der Waals surface area contributed by atoms with Crippen LogP contribution in [-0.4, -0.2) is 48.9 Å². The number of rotatable bonds is 1. The van der Waals surface area contributed by atoms with Gasteiger partial charge in [0.1, 0.15) is 23.6 Å². The fourth-order valence-corrected chi connectivity index (χ4v) is 3.74. The van der Waals surface area contributed by atoms with Crippen molar-refractivity contribution in [2.75, 3.05) is 18.6 Å². The molecule has 32 heavy (non-hydrogen) atoms. The van der Waals surface area contributed by atoms with Gasteiger partial charge in [-0.25, -0.2) is 9.97 Å². The van der Waals surface area contributed by atoms with Crippen molar-refractivity contribution in [3.05, 3.63) is 66.5 Å². The summed E-state index contributed by atoms with van der Waals surface area (Å²) in [4.78, 5) is 24.0. The number of aryl methyl sites for hydroxylation is 2. The number of pyridine rings is 1. The fraction of sp³-hybridized carbons (Fsp3) is 0.261. The first-order valence-electron chi connectivity index (χ1n) is 10.5. The lowest BCUT2D eigenvalue weighted by Gasteiger charge is -2.20. The van der Waals surface area contributed by atoms with Crippen molar-refractivity contribution < 1.29 is 9.53 Å². The molecule has 0 saturated heterocycles. The van der Waals surface area contributed by atoms with E-state index in [1.807, 2.05) is 52.6 Å². The molecule has 0 atom stereocenters. The molecule has 0 unspecified atom stereocenters. The monoisotopic (exact) mass is 429 g/mol. The molecule has 4 heterocycles. The summed E-state index contributed by atoms with van der Waals surface area (Å²) < 4.78 is 9.91. The summed E-state index contributed by atoms with van der Waals surface area (Å²) in [5, 5.41) is 8.28. The summed E-state index contributed by atoms with van der Waals surface area (Å²) in [7, 11) is 1.71. The van der Waals surface area contributed by atoms with Crippen LogP contribution in [0.25, 0.3) is 17.2 Å². The molecule has 0 spiro atoms. The first-order chi connectivity index (χ1) is 15.6. The van der Waals surface area contributed by atoms with Crippen molar-refractivity contribution in [2.24, 2.45) is 0 Å². The molecule has 0 N–H and O–H groups in total. The van der Waals surface area contributed by atoms with Crippen LogP contribution in [0.15, 0.2) is 55.2 Å². The SMILES string of the molecule is Cc1cn(-c2ccc3c(c2)C(=O)N(C)c2cccc(n2)-c2nncn2CCCCO3)cn1. The van der Waals surface area contributed by atoms with Crippen LogP contribution in [0.1, 0.15) is 28.9 Å². The van der Waals surface area contributed by atoms with Gasteiger partial charge < -0.3 is 13.9 Å². The minimum atomic E-state index is -0.207. The zero-order chi connectivity index (χ0) is 22.1. The predicted octanol–water partition coefficient (Wildman–Crippen LogP) is 3.28. The number of nitrogens with zero attached hydrogens (tertiary/aromatic N) is 7. The van der Waals surface area contributed by atoms with E-state index in [0.29, 0.717) is 35.3 Å². The molecule has 4 aromatic rings. The van der Waals surface area contributed by atoms with Crippen molar-refractivity contribution in [3.8, 4) is 23.0 Å². The van der Waals surface area contributed by atoms with Crippen LogP contribution in [-0.2, 0) is 6.54 Å². The molecule has 1 aromatic carbocycles. The van der Waals surface area contributed by atoms with Gasteiger partial charge in [-0.1, -0.05) is 6.07 Å². The minimum Gasteiger partial charge on any atom is -0.493 e. The molecule has 1 amide bonds. The van der Waals surface area contributed by atoms with Crippen LogP contribution in [0.5, 0.6) is 5.75 Å². The van der Waals surface area contributed by atoms with Crippen molar-refractivity contribution in [2.45, 2.75) is 26.3 Å². The molecule has 9 nitrogen and oxygen atoms in total. The molecule has 0 fully saturated rings. The lowest BCUT2D eigenvalue weighted by molar-refractivity contribution is 0.0988. The summed E-state index contributed by atoms with van der Waals surface area (Å²) in [6.07, 6.45) is 7.08. The highest BCUT2D eigenvalue weighted by atomic mass is 16.5. The van der Waals surface area contributed by atoms with Crippen LogP contribution in [0.3, 0.4) is 0 Å². The van der Waals surface area contributed by atoms with Crippen LogP contribution in [0, 0.1) is 6.92 Å². The molecular weight excluding hydrogens is 406 g/mol. The highest BCUT2D eigenvalue weighted by Crippen LogP contribution is 2.27. The van der Waals surface area contributed by atoms with Crippen molar-refractivity contribution in [1.29, 1.82) is 0 Å². The molecule has 162 valence electrons. The molecule has 0 radical (unpaired) electrons. The Morgan fingerprint density at radius 3 is 2.84 bits per heavy atom. The minimum absolute atomic E-state index is 0.207. The number of hydrogen-bond donors (Lipinski definition) is 0.